The van der Waals surface area contributed by atoms with Crippen LogP contribution in [0, 0.1) is 5.82 Å². The first kappa shape index (κ1) is 16.6. The van der Waals surface area contributed by atoms with Crippen LogP contribution in [-0.4, -0.2) is 40.1 Å². The monoisotopic (exact) mass is 350 g/mol. The second-order valence-electron chi connectivity index (χ2n) is 5.51. The molecule has 0 unspecified atom stereocenters. The lowest BCUT2D eigenvalue weighted by Crippen LogP contribution is -2.39. The van der Waals surface area contributed by atoms with Crippen LogP contribution in [0.15, 0.2) is 23.8 Å². The number of hydrogen-bond donors (Lipinski definition) is 1. The van der Waals surface area contributed by atoms with Gasteiger partial charge in [0, 0.05) is 17.8 Å². The summed E-state index contributed by atoms with van der Waals surface area (Å²) < 4.78 is 19.8. The molecule has 6 nitrogen and oxygen atoms in total. The molecule has 128 valence electrons. The summed E-state index contributed by atoms with van der Waals surface area (Å²) in [7, 11) is 0. The highest BCUT2D eigenvalue weighted by molar-refractivity contribution is 7.09. The molecule has 2 amide bonds. The third kappa shape index (κ3) is 3.81. The quantitative estimate of drug-likeness (QED) is 0.900. The highest BCUT2D eigenvalue weighted by Crippen LogP contribution is 2.21. The van der Waals surface area contributed by atoms with E-state index in [1.165, 1.54) is 6.33 Å². The Labute approximate surface area is 143 Å². The highest BCUT2D eigenvalue weighted by Gasteiger charge is 2.29. The van der Waals surface area contributed by atoms with Crippen molar-refractivity contribution in [3.05, 3.63) is 40.2 Å². The normalized spacial score (nSPS) is 17.1. The van der Waals surface area contributed by atoms with Crippen LogP contribution in [0.3, 0.4) is 0 Å². The third-order valence-corrected chi connectivity index (χ3v) is 4.75. The van der Waals surface area contributed by atoms with Gasteiger partial charge < -0.3 is 15.0 Å². The number of ether oxygens (including phenoxy) is 1. The lowest BCUT2D eigenvalue weighted by atomic mass is 10.3. The van der Waals surface area contributed by atoms with Crippen molar-refractivity contribution in [3.63, 3.8) is 0 Å². The van der Waals surface area contributed by atoms with E-state index in [0.29, 0.717) is 38.2 Å². The second-order valence-corrected chi connectivity index (χ2v) is 6.54. The molecule has 0 spiro atoms. The van der Waals surface area contributed by atoms with Crippen LogP contribution >= 0.6 is 11.3 Å². The van der Waals surface area contributed by atoms with Crippen LogP contribution in [0.1, 0.15) is 23.9 Å². The molecular weight excluding hydrogens is 331 g/mol. The van der Waals surface area contributed by atoms with Gasteiger partial charge in [0.2, 0.25) is 5.82 Å². The van der Waals surface area contributed by atoms with Gasteiger partial charge in [0.1, 0.15) is 12.4 Å². The molecule has 8 heteroatoms. The van der Waals surface area contributed by atoms with Gasteiger partial charge in [0.05, 0.1) is 18.8 Å². The lowest BCUT2D eigenvalue weighted by Gasteiger charge is -2.17. The van der Waals surface area contributed by atoms with Crippen LogP contribution in [0.4, 0.5) is 9.18 Å². The topological polar surface area (TPSA) is 67.4 Å². The van der Waals surface area contributed by atoms with Gasteiger partial charge in [0.25, 0.3) is 5.88 Å². The molecule has 1 fully saturated rings. The summed E-state index contributed by atoms with van der Waals surface area (Å²) in [6, 6.07) is 3.79. The van der Waals surface area contributed by atoms with E-state index >= 15 is 0 Å². The van der Waals surface area contributed by atoms with Gasteiger partial charge in [-0.3, -0.25) is 0 Å². The molecule has 1 atom stereocenters. The lowest BCUT2D eigenvalue weighted by molar-refractivity contribution is 0.177. The molecular formula is C16H19FN4O2S. The number of aromatic nitrogens is 2. The summed E-state index contributed by atoms with van der Waals surface area (Å²) in [6.45, 7) is 3.33. The first-order valence-corrected chi connectivity index (χ1v) is 8.76. The van der Waals surface area contributed by atoms with E-state index in [2.05, 4.69) is 15.3 Å². The zero-order valence-corrected chi connectivity index (χ0v) is 14.2. The number of hydrogen-bond acceptors (Lipinski definition) is 5. The molecule has 1 N–H and O–H groups in total. The molecule has 0 bridgehead atoms. The Bertz CT molecular complexity index is 695. The number of likely N-dealkylation sites (tertiary alicyclic amines) is 1. The Kier molecular flexibility index (Phi) is 5.24. The fraction of sp³-hybridized carbons (Fsp3) is 0.438. The third-order valence-electron chi connectivity index (χ3n) is 3.87. The van der Waals surface area contributed by atoms with Crippen LogP contribution in [0.2, 0.25) is 0 Å². The maximum Gasteiger partial charge on any atom is 0.317 e. The van der Waals surface area contributed by atoms with Crippen molar-refractivity contribution in [2.24, 2.45) is 0 Å². The van der Waals surface area contributed by atoms with Gasteiger partial charge in [-0.15, -0.1) is 11.3 Å². The van der Waals surface area contributed by atoms with Crippen LogP contribution < -0.4 is 10.1 Å². The largest absolute Gasteiger partial charge is 0.470 e. The maximum absolute atomic E-state index is 14.1. The summed E-state index contributed by atoms with van der Waals surface area (Å²) in [5.74, 6) is -0.548. The molecule has 1 aliphatic rings. The van der Waals surface area contributed by atoms with E-state index in [0.717, 1.165) is 4.88 Å². The predicted octanol–water partition coefficient (Wildman–Crippen LogP) is 2.60. The van der Waals surface area contributed by atoms with Crippen LogP contribution in [0.25, 0.3) is 0 Å². The fourth-order valence-corrected chi connectivity index (χ4v) is 3.22. The highest BCUT2D eigenvalue weighted by atomic mass is 32.1. The molecule has 0 aromatic carbocycles. The second kappa shape index (κ2) is 7.57. The van der Waals surface area contributed by atoms with Crippen molar-refractivity contribution in [3.8, 4) is 5.88 Å². The molecule has 2 aromatic rings. The number of aryl methyl sites for hydroxylation is 1. The standard InChI is InChI=1S/C16H19FN4O2S/c1-2-13-14(17)15(20-10-19-13)23-11-5-6-21(9-11)16(22)18-8-12-4-3-7-24-12/h3-4,7,10-11H,2,5-6,8-9H2,1H3,(H,18,22)/t11-/m0/s1. The Morgan fingerprint density at radius 3 is 3.17 bits per heavy atom. The van der Waals surface area contributed by atoms with Gasteiger partial charge in [-0.25, -0.2) is 9.78 Å². The van der Waals surface area contributed by atoms with Crippen molar-refractivity contribution >= 4 is 17.4 Å². The number of halogens is 1. The maximum atomic E-state index is 14.1. The zero-order chi connectivity index (χ0) is 16.9. The van der Waals surface area contributed by atoms with Gasteiger partial charge in [0.15, 0.2) is 0 Å². The number of nitrogens with one attached hydrogen (secondary N) is 1. The van der Waals surface area contributed by atoms with E-state index in [1.54, 1.807) is 16.2 Å². The SMILES string of the molecule is CCc1ncnc(O[C@H]2CCN(C(=O)NCc3cccs3)C2)c1F. The Morgan fingerprint density at radius 1 is 1.54 bits per heavy atom. The van der Waals surface area contributed by atoms with E-state index < -0.39 is 5.82 Å². The molecule has 0 radical (unpaired) electrons. The number of thiophene rings is 1. The molecule has 1 saturated heterocycles. The van der Waals surface area contributed by atoms with E-state index in [-0.39, 0.29) is 18.0 Å². The van der Waals surface area contributed by atoms with Crippen molar-refractivity contribution in [2.75, 3.05) is 13.1 Å². The minimum Gasteiger partial charge on any atom is -0.470 e. The minimum absolute atomic E-state index is 0.0345. The van der Waals surface area contributed by atoms with Gasteiger partial charge in [-0.2, -0.15) is 9.37 Å². The fourth-order valence-electron chi connectivity index (χ4n) is 2.57. The average molecular weight is 350 g/mol. The van der Waals surface area contributed by atoms with Crippen molar-refractivity contribution in [1.82, 2.24) is 20.2 Å². The number of rotatable bonds is 5. The number of amides is 2. The van der Waals surface area contributed by atoms with Crippen molar-refractivity contribution < 1.29 is 13.9 Å². The van der Waals surface area contributed by atoms with Gasteiger partial charge in [-0.05, 0) is 17.9 Å². The first-order chi connectivity index (χ1) is 11.7. The summed E-state index contributed by atoms with van der Waals surface area (Å²) in [6.07, 6.45) is 2.17. The average Bonchev–Trinajstić information content (AvgIpc) is 3.26. The smallest absolute Gasteiger partial charge is 0.317 e. The van der Waals surface area contributed by atoms with E-state index in [4.69, 9.17) is 4.74 Å². The number of nitrogens with zero attached hydrogens (tertiary/aromatic N) is 3. The molecule has 3 heterocycles. The first-order valence-electron chi connectivity index (χ1n) is 7.88. The summed E-state index contributed by atoms with van der Waals surface area (Å²) in [5, 5.41) is 4.86. The molecule has 0 saturated carbocycles. The van der Waals surface area contributed by atoms with E-state index in [1.807, 2.05) is 24.4 Å². The zero-order valence-electron chi connectivity index (χ0n) is 13.4. The summed E-state index contributed by atoms with van der Waals surface area (Å²) in [4.78, 5) is 22.7. The molecule has 24 heavy (non-hydrogen) atoms. The number of carbonyl (C=O) groups is 1. The van der Waals surface area contributed by atoms with Crippen molar-refractivity contribution in [2.45, 2.75) is 32.4 Å². The van der Waals surface area contributed by atoms with Crippen LogP contribution in [0.5, 0.6) is 5.88 Å². The Hall–Kier alpha value is -2.22. The number of urea groups is 1. The summed E-state index contributed by atoms with van der Waals surface area (Å²) >= 11 is 1.60. The van der Waals surface area contributed by atoms with E-state index in [9.17, 15) is 9.18 Å². The van der Waals surface area contributed by atoms with Crippen LogP contribution in [-0.2, 0) is 13.0 Å². The summed E-state index contributed by atoms with van der Waals surface area (Å²) in [5.41, 5.74) is 0.337. The molecule has 1 aliphatic heterocycles. The van der Waals surface area contributed by atoms with Gasteiger partial charge in [-0.1, -0.05) is 13.0 Å². The van der Waals surface area contributed by atoms with Gasteiger partial charge >= 0.3 is 6.03 Å². The molecule has 2 aromatic heterocycles. The number of carbonyl (C=O) groups excluding carboxylic acids is 1. The Morgan fingerprint density at radius 2 is 2.42 bits per heavy atom. The molecule has 0 aliphatic carbocycles. The Balaban J connectivity index is 1.52. The van der Waals surface area contributed by atoms with Crippen molar-refractivity contribution in [1.29, 1.82) is 0 Å². The predicted molar refractivity (Wildman–Crippen MR) is 88.5 cm³/mol. The molecule has 3 rings (SSSR count). The minimum atomic E-state index is -0.513.